The van der Waals surface area contributed by atoms with E-state index in [2.05, 4.69) is 15.5 Å². The van der Waals surface area contributed by atoms with Crippen LogP contribution >= 0.6 is 0 Å². The lowest BCUT2D eigenvalue weighted by Gasteiger charge is -2.35. The van der Waals surface area contributed by atoms with Crippen molar-refractivity contribution < 1.29 is 14.3 Å². The molecule has 1 aliphatic heterocycles. The Balaban J connectivity index is 1.44. The van der Waals surface area contributed by atoms with E-state index in [4.69, 9.17) is 4.74 Å². The van der Waals surface area contributed by atoms with Crippen molar-refractivity contribution in [1.82, 2.24) is 20.4 Å². The molecule has 3 amide bonds. The zero-order valence-corrected chi connectivity index (χ0v) is 19.2. The monoisotopic (exact) mass is 438 g/mol. The molecule has 0 aliphatic carbocycles. The predicted octanol–water partition coefficient (Wildman–Crippen LogP) is 3.63. The van der Waals surface area contributed by atoms with Crippen LogP contribution in [0.3, 0.4) is 0 Å². The number of rotatable bonds is 6. The van der Waals surface area contributed by atoms with Gasteiger partial charge in [0.25, 0.3) is 0 Å². The van der Waals surface area contributed by atoms with Gasteiger partial charge in [-0.05, 0) is 31.9 Å². The SMILES string of the molecule is CC(C)(C)OC(=O)N1CCN(CCNC(=O)NC(c2ccccc2)c2ccccc2)CC1. The van der Waals surface area contributed by atoms with Crippen molar-refractivity contribution in [2.45, 2.75) is 32.4 Å². The summed E-state index contributed by atoms with van der Waals surface area (Å²) >= 11 is 0. The Morgan fingerprint density at radius 1 is 0.906 bits per heavy atom. The van der Waals surface area contributed by atoms with E-state index in [9.17, 15) is 9.59 Å². The summed E-state index contributed by atoms with van der Waals surface area (Å²) in [6.45, 7) is 9.67. The molecule has 2 N–H and O–H groups in total. The van der Waals surface area contributed by atoms with Crippen LogP contribution in [-0.2, 0) is 4.74 Å². The van der Waals surface area contributed by atoms with Gasteiger partial charge in [-0.2, -0.15) is 0 Å². The van der Waals surface area contributed by atoms with Gasteiger partial charge in [-0.3, -0.25) is 4.90 Å². The van der Waals surface area contributed by atoms with E-state index in [1.165, 1.54) is 0 Å². The summed E-state index contributed by atoms with van der Waals surface area (Å²) in [5, 5.41) is 6.06. The maximum Gasteiger partial charge on any atom is 0.410 e. The van der Waals surface area contributed by atoms with E-state index in [0.717, 1.165) is 30.8 Å². The molecular weight excluding hydrogens is 404 g/mol. The van der Waals surface area contributed by atoms with Crippen molar-refractivity contribution in [3.8, 4) is 0 Å². The van der Waals surface area contributed by atoms with Crippen molar-refractivity contribution in [2.75, 3.05) is 39.3 Å². The van der Waals surface area contributed by atoms with Crippen LogP contribution in [0.2, 0.25) is 0 Å². The van der Waals surface area contributed by atoms with Crippen LogP contribution in [0.25, 0.3) is 0 Å². The number of amides is 3. The van der Waals surface area contributed by atoms with Gasteiger partial charge in [0.15, 0.2) is 0 Å². The second kappa shape index (κ2) is 11.0. The van der Waals surface area contributed by atoms with Gasteiger partial charge in [0.05, 0.1) is 6.04 Å². The van der Waals surface area contributed by atoms with Crippen LogP contribution in [0.1, 0.15) is 37.9 Å². The van der Waals surface area contributed by atoms with Gasteiger partial charge in [-0.15, -0.1) is 0 Å². The van der Waals surface area contributed by atoms with Gasteiger partial charge in [0.2, 0.25) is 0 Å². The summed E-state index contributed by atoms with van der Waals surface area (Å²) in [5.74, 6) is 0. The topological polar surface area (TPSA) is 73.9 Å². The molecular formula is C25H34N4O3. The number of ether oxygens (including phenoxy) is 1. The summed E-state index contributed by atoms with van der Waals surface area (Å²) in [4.78, 5) is 28.8. The average molecular weight is 439 g/mol. The second-order valence-corrected chi connectivity index (χ2v) is 8.96. The Morgan fingerprint density at radius 3 is 1.94 bits per heavy atom. The highest BCUT2D eigenvalue weighted by molar-refractivity contribution is 5.75. The number of hydrogen-bond acceptors (Lipinski definition) is 4. The quantitative estimate of drug-likeness (QED) is 0.722. The first kappa shape index (κ1) is 23.6. The third-order valence-corrected chi connectivity index (χ3v) is 5.28. The van der Waals surface area contributed by atoms with Crippen LogP contribution in [0, 0.1) is 0 Å². The highest BCUT2D eigenvalue weighted by atomic mass is 16.6. The molecule has 7 nitrogen and oxygen atoms in total. The number of hydrogen-bond donors (Lipinski definition) is 2. The zero-order chi connectivity index (χ0) is 23.0. The van der Waals surface area contributed by atoms with Gasteiger partial charge in [-0.1, -0.05) is 60.7 Å². The molecule has 2 aromatic carbocycles. The highest BCUT2D eigenvalue weighted by Gasteiger charge is 2.25. The number of carbonyl (C=O) groups is 2. The van der Waals surface area contributed by atoms with Crippen molar-refractivity contribution in [2.24, 2.45) is 0 Å². The molecule has 1 fully saturated rings. The van der Waals surface area contributed by atoms with E-state index in [1.54, 1.807) is 4.90 Å². The van der Waals surface area contributed by atoms with E-state index in [1.807, 2.05) is 81.4 Å². The Bertz CT molecular complexity index is 820. The standard InChI is InChI=1S/C25H34N4O3/c1-25(2,3)32-24(31)29-18-16-28(17-19-29)15-14-26-23(30)27-22(20-10-6-4-7-11-20)21-12-8-5-9-13-21/h4-13,22H,14-19H2,1-3H3,(H2,26,27,30). The Morgan fingerprint density at radius 2 is 1.44 bits per heavy atom. The van der Waals surface area contributed by atoms with Crippen molar-refractivity contribution >= 4 is 12.1 Å². The van der Waals surface area contributed by atoms with Gasteiger partial charge >= 0.3 is 12.1 Å². The van der Waals surface area contributed by atoms with Crippen LogP contribution in [0.5, 0.6) is 0 Å². The first-order valence-corrected chi connectivity index (χ1v) is 11.2. The molecule has 0 saturated carbocycles. The summed E-state index contributed by atoms with van der Waals surface area (Å²) in [6, 6.07) is 19.5. The third-order valence-electron chi connectivity index (χ3n) is 5.28. The minimum atomic E-state index is -0.483. The molecule has 2 aromatic rings. The number of carbonyl (C=O) groups excluding carboxylic acids is 2. The largest absolute Gasteiger partial charge is 0.444 e. The minimum absolute atomic E-state index is 0.199. The van der Waals surface area contributed by atoms with Gasteiger partial charge in [0, 0.05) is 39.3 Å². The molecule has 0 radical (unpaired) electrons. The number of nitrogens with zero attached hydrogens (tertiary/aromatic N) is 2. The summed E-state index contributed by atoms with van der Waals surface area (Å²) < 4.78 is 5.44. The van der Waals surface area contributed by atoms with Crippen LogP contribution < -0.4 is 10.6 Å². The Labute approximate surface area is 190 Å². The molecule has 0 atom stereocenters. The molecule has 7 heteroatoms. The van der Waals surface area contributed by atoms with Crippen LogP contribution in [0.4, 0.5) is 9.59 Å². The fourth-order valence-electron chi connectivity index (χ4n) is 3.64. The summed E-state index contributed by atoms with van der Waals surface area (Å²) in [5.41, 5.74) is 1.59. The van der Waals surface area contributed by atoms with E-state index >= 15 is 0 Å². The zero-order valence-electron chi connectivity index (χ0n) is 19.2. The van der Waals surface area contributed by atoms with Gasteiger partial charge < -0.3 is 20.3 Å². The molecule has 1 aliphatic rings. The number of benzene rings is 2. The first-order chi connectivity index (χ1) is 15.3. The normalized spacial score (nSPS) is 14.8. The molecule has 1 heterocycles. The maximum absolute atomic E-state index is 12.6. The highest BCUT2D eigenvalue weighted by Crippen LogP contribution is 2.21. The van der Waals surface area contributed by atoms with Gasteiger partial charge in [-0.25, -0.2) is 9.59 Å². The molecule has 32 heavy (non-hydrogen) atoms. The van der Waals surface area contributed by atoms with Gasteiger partial charge in [0.1, 0.15) is 5.60 Å². The first-order valence-electron chi connectivity index (χ1n) is 11.2. The lowest BCUT2D eigenvalue weighted by Crippen LogP contribution is -2.51. The average Bonchev–Trinajstić information content (AvgIpc) is 2.78. The predicted molar refractivity (Wildman–Crippen MR) is 126 cm³/mol. The van der Waals surface area contributed by atoms with E-state index < -0.39 is 5.60 Å². The Hall–Kier alpha value is -3.06. The molecule has 172 valence electrons. The lowest BCUT2D eigenvalue weighted by atomic mass is 9.99. The third kappa shape index (κ3) is 7.27. The number of nitrogens with one attached hydrogen (secondary N) is 2. The molecule has 0 unspecified atom stereocenters. The van der Waals surface area contributed by atoms with Crippen molar-refractivity contribution in [3.63, 3.8) is 0 Å². The Kier molecular flexibility index (Phi) is 8.11. The molecule has 3 rings (SSSR count). The lowest BCUT2D eigenvalue weighted by molar-refractivity contribution is 0.0147. The molecule has 1 saturated heterocycles. The minimum Gasteiger partial charge on any atom is -0.444 e. The van der Waals surface area contributed by atoms with Crippen molar-refractivity contribution in [3.05, 3.63) is 71.8 Å². The fourth-order valence-corrected chi connectivity index (χ4v) is 3.64. The van der Waals surface area contributed by atoms with Crippen LogP contribution in [-0.4, -0.2) is 66.8 Å². The smallest absolute Gasteiger partial charge is 0.410 e. The second-order valence-electron chi connectivity index (χ2n) is 8.96. The number of urea groups is 1. The number of piperazine rings is 1. The van der Waals surface area contributed by atoms with E-state index in [0.29, 0.717) is 19.6 Å². The van der Waals surface area contributed by atoms with E-state index in [-0.39, 0.29) is 18.2 Å². The molecule has 0 spiro atoms. The molecule has 0 aromatic heterocycles. The summed E-state index contributed by atoms with van der Waals surface area (Å²) in [7, 11) is 0. The van der Waals surface area contributed by atoms with Crippen molar-refractivity contribution in [1.29, 1.82) is 0 Å². The summed E-state index contributed by atoms with van der Waals surface area (Å²) in [6.07, 6.45) is -0.262. The fraction of sp³-hybridized carbons (Fsp3) is 0.440. The maximum atomic E-state index is 12.6. The molecule has 0 bridgehead atoms. The van der Waals surface area contributed by atoms with Crippen LogP contribution in [0.15, 0.2) is 60.7 Å².